The van der Waals surface area contributed by atoms with Gasteiger partial charge in [0.1, 0.15) is 18.1 Å². The van der Waals surface area contributed by atoms with Crippen molar-refractivity contribution in [2.75, 3.05) is 11.9 Å². The highest BCUT2D eigenvalue weighted by atomic mass is 19.1. The summed E-state index contributed by atoms with van der Waals surface area (Å²) >= 11 is 0. The predicted molar refractivity (Wildman–Crippen MR) is 58.8 cm³/mol. The molecule has 0 bridgehead atoms. The maximum absolute atomic E-state index is 12.7. The zero-order valence-corrected chi connectivity index (χ0v) is 9.62. The van der Waals surface area contributed by atoms with E-state index in [2.05, 4.69) is 15.0 Å². The van der Waals surface area contributed by atoms with Crippen molar-refractivity contribution in [1.29, 1.82) is 0 Å². The van der Waals surface area contributed by atoms with Crippen molar-refractivity contribution in [3.05, 3.63) is 23.6 Å². The van der Waals surface area contributed by atoms with Crippen LogP contribution in [0.4, 0.5) is 10.2 Å². The number of aryl methyl sites for hydroxylation is 1. The fraction of sp³-hybridized carbons (Fsp3) is 0.364. The van der Waals surface area contributed by atoms with Crippen LogP contribution in [0.3, 0.4) is 0 Å². The van der Waals surface area contributed by atoms with Crippen LogP contribution in [0.15, 0.2) is 12.3 Å². The standard InChI is InChI=1S/C11H13FN2O3/c1-3-17-10(16)5-9(15)14-11-7(2)4-8(12)6-13-11/h4,6H,3,5H2,1-2H3,(H,13,14,15). The first-order valence-electron chi connectivity index (χ1n) is 5.10. The van der Waals surface area contributed by atoms with E-state index >= 15 is 0 Å². The number of carbonyl (C=O) groups excluding carboxylic acids is 2. The third-order valence-corrected chi connectivity index (χ3v) is 1.91. The molecule has 0 aromatic carbocycles. The zero-order valence-electron chi connectivity index (χ0n) is 9.62. The average Bonchev–Trinajstić information content (AvgIpc) is 2.22. The van der Waals surface area contributed by atoms with Crippen molar-refractivity contribution in [2.24, 2.45) is 0 Å². The number of aromatic nitrogens is 1. The Bertz CT molecular complexity index is 435. The molecule has 0 spiro atoms. The normalized spacial score (nSPS) is 9.82. The van der Waals surface area contributed by atoms with Crippen LogP contribution in [0, 0.1) is 12.7 Å². The molecule has 1 amide bonds. The zero-order chi connectivity index (χ0) is 12.8. The summed E-state index contributed by atoms with van der Waals surface area (Å²) in [6, 6.07) is 1.24. The molecule has 0 aliphatic carbocycles. The third kappa shape index (κ3) is 4.18. The van der Waals surface area contributed by atoms with E-state index in [0.29, 0.717) is 5.56 Å². The highest BCUT2D eigenvalue weighted by Gasteiger charge is 2.12. The molecule has 5 nitrogen and oxygen atoms in total. The largest absolute Gasteiger partial charge is 0.466 e. The van der Waals surface area contributed by atoms with Gasteiger partial charge in [-0.2, -0.15) is 0 Å². The minimum Gasteiger partial charge on any atom is -0.466 e. The van der Waals surface area contributed by atoms with Crippen molar-refractivity contribution in [1.82, 2.24) is 4.98 Å². The topological polar surface area (TPSA) is 68.3 Å². The average molecular weight is 240 g/mol. The minimum absolute atomic E-state index is 0.222. The number of rotatable bonds is 4. The maximum atomic E-state index is 12.7. The Morgan fingerprint density at radius 3 is 2.82 bits per heavy atom. The highest BCUT2D eigenvalue weighted by molar-refractivity contribution is 6.01. The number of hydrogen-bond donors (Lipinski definition) is 1. The number of carbonyl (C=O) groups is 2. The van der Waals surface area contributed by atoms with Crippen LogP contribution in [0.1, 0.15) is 18.9 Å². The monoisotopic (exact) mass is 240 g/mol. The number of esters is 1. The molecular weight excluding hydrogens is 227 g/mol. The van der Waals surface area contributed by atoms with Gasteiger partial charge in [-0.3, -0.25) is 9.59 Å². The van der Waals surface area contributed by atoms with Gasteiger partial charge < -0.3 is 10.1 Å². The summed E-state index contributed by atoms with van der Waals surface area (Å²) in [6.07, 6.45) is 0.610. The van der Waals surface area contributed by atoms with E-state index < -0.39 is 17.7 Å². The van der Waals surface area contributed by atoms with Crippen LogP contribution < -0.4 is 5.32 Å². The van der Waals surface area contributed by atoms with Gasteiger partial charge in [-0.05, 0) is 25.5 Å². The molecular formula is C11H13FN2O3. The summed E-state index contributed by atoms with van der Waals surface area (Å²) in [5, 5.41) is 2.41. The molecule has 0 unspecified atom stereocenters. The number of halogens is 1. The molecule has 0 fully saturated rings. The number of ether oxygens (including phenoxy) is 1. The van der Waals surface area contributed by atoms with Crippen LogP contribution in [0.25, 0.3) is 0 Å². The van der Waals surface area contributed by atoms with Gasteiger partial charge in [0.25, 0.3) is 0 Å². The number of amides is 1. The molecule has 92 valence electrons. The molecule has 1 aromatic heterocycles. The van der Waals surface area contributed by atoms with E-state index in [0.717, 1.165) is 6.20 Å². The molecule has 0 saturated carbocycles. The second-order valence-electron chi connectivity index (χ2n) is 3.35. The molecule has 17 heavy (non-hydrogen) atoms. The first-order valence-corrected chi connectivity index (χ1v) is 5.10. The molecule has 0 radical (unpaired) electrons. The van der Waals surface area contributed by atoms with Crippen molar-refractivity contribution in [3.63, 3.8) is 0 Å². The van der Waals surface area contributed by atoms with Gasteiger partial charge in [0.05, 0.1) is 12.8 Å². The Morgan fingerprint density at radius 1 is 1.53 bits per heavy atom. The van der Waals surface area contributed by atoms with Gasteiger partial charge >= 0.3 is 5.97 Å². The number of anilines is 1. The van der Waals surface area contributed by atoms with Crippen molar-refractivity contribution in [2.45, 2.75) is 20.3 Å². The summed E-state index contributed by atoms with van der Waals surface area (Å²) in [5.41, 5.74) is 0.488. The highest BCUT2D eigenvalue weighted by Crippen LogP contribution is 2.11. The number of hydrogen-bond acceptors (Lipinski definition) is 4. The fourth-order valence-corrected chi connectivity index (χ4v) is 1.19. The van der Waals surface area contributed by atoms with E-state index in [1.807, 2.05) is 0 Å². The lowest BCUT2D eigenvalue weighted by Crippen LogP contribution is -2.19. The Balaban J connectivity index is 2.59. The lowest BCUT2D eigenvalue weighted by atomic mass is 10.3. The SMILES string of the molecule is CCOC(=O)CC(=O)Nc1ncc(F)cc1C. The maximum Gasteiger partial charge on any atom is 0.315 e. The second kappa shape index (κ2) is 5.93. The molecule has 1 N–H and O–H groups in total. The summed E-state index contributed by atoms with van der Waals surface area (Å²) in [6.45, 7) is 3.48. The Hall–Kier alpha value is -1.98. The molecule has 1 rings (SSSR count). The molecule has 0 atom stereocenters. The van der Waals surface area contributed by atoms with E-state index in [4.69, 9.17) is 0 Å². The first-order chi connectivity index (χ1) is 8.02. The van der Waals surface area contributed by atoms with Crippen molar-refractivity contribution < 1.29 is 18.7 Å². The molecule has 0 aliphatic heterocycles. The van der Waals surface area contributed by atoms with Crippen LogP contribution in [-0.2, 0) is 14.3 Å². The number of nitrogens with one attached hydrogen (secondary N) is 1. The fourth-order valence-electron chi connectivity index (χ4n) is 1.19. The predicted octanol–water partition coefficient (Wildman–Crippen LogP) is 1.42. The van der Waals surface area contributed by atoms with Gasteiger partial charge in [0, 0.05) is 0 Å². The molecule has 6 heteroatoms. The molecule has 0 aliphatic rings. The molecule has 1 heterocycles. The van der Waals surface area contributed by atoms with Crippen LogP contribution in [0.5, 0.6) is 0 Å². The van der Waals surface area contributed by atoms with Gasteiger partial charge in [-0.15, -0.1) is 0 Å². The lowest BCUT2D eigenvalue weighted by molar-refractivity contribution is -0.145. The Morgan fingerprint density at radius 2 is 2.24 bits per heavy atom. The van der Waals surface area contributed by atoms with E-state index in [1.54, 1.807) is 13.8 Å². The lowest BCUT2D eigenvalue weighted by Gasteiger charge is -2.06. The molecule has 0 saturated heterocycles. The Kier molecular flexibility index (Phi) is 4.56. The molecule has 1 aromatic rings. The summed E-state index contributed by atoms with van der Waals surface area (Å²) in [7, 11) is 0. The van der Waals surface area contributed by atoms with Crippen molar-refractivity contribution in [3.8, 4) is 0 Å². The summed E-state index contributed by atoms with van der Waals surface area (Å²) in [5.74, 6) is -1.39. The van der Waals surface area contributed by atoms with E-state index in [-0.39, 0.29) is 18.8 Å². The van der Waals surface area contributed by atoms with Gasteiger partial charge in [0.2, 0.25) is 5.91 Å². The van der Waals surface area contributed by atoms with E-state index in [1.165, 1.54) is 6.07 Å². The van der Waals surface area contributed by atoms with Gasteiger partial charge in [-0.25, -0.2) is 9.37 Å². The smallest absolute Gasteiger partial charge is 0.315 e. The number of nitrogens with zero attached hydrogens (tertiary/aromatic N) is 1. The van der Waals surface area contributed by atoms with Crippen LogP contribution in [-0.4, -0.2) is 23.5 Å². The summed E-state index contributed by atoms with van der Waals surface area (Å²) < 4.78 is 17.4. The Labute approximate surface area is 98.0 Å². The third-order valence-electron chi connectivity index (χ3n) is 1.91. The van der Waals surface area contributed by atoms with Gasteiger partial charge in [-0.1, -0.05) is 0 Å². The second-order valence-corrected chi connectivity index (χ2v) is 3.35. The van der Waals surface area contributed by atoms with Gasteiger partial charge in [0.15, 0.2) is 0 Å². The quantitative estimate of drug-likeness (QED) is 0.638. The summed E-state index contributed by atoms with van der Waals surface area (Å²) in [4.78, 5) is 26.1. The van der Waals surface area contributed by atoms with Crippen molar-refractivity contribution >= 4 is 17.7 Å². The van der Waals surface area contributed by atoms with E-state index in [9.17, 15) is 14.0 Å². The number of pyridine rings is 1. The first kappa shape index (κ1) is 13.1. The van der Waals surface area contributed by atoms with Crippen LogP contribution in [0.2, 0.25) is 0 Å². The van der Waals surface area contributed by atoms with Crippen LogP contribution >= 0.6 is 0 Å². The minimum atomic E-state index is -0.607.